The predicted molar refractivity (Wildman–Crippen MR) is 108 cm³/mol. The zero-order valence-corrected chi connectivity index (χ0v) is 15.2. The van der Waals surface area contributed by atoms with E-state index >= 15 is 0 Å². The van der Waals surface area contributed by atoms with Gasteiger partial charge in [-0.2, -0.15) is 0 Å². The van der Waals surface area contributed by atoms with Crippen LogP contribution in [0, 0.1) is 6.92 Å². The lowest BCUT2D eigenvalue weighted by Gasteiger charge is -2.32. The highest BCUT2D eigenvalue weighted by atomic mass is 15.2. The SMILES string of the molecule is C=CC(C)N(c1ccccc1)c1ccc(C)cc1C(=C)C=C(C)C. The van der Waals surface area contributed by atoms with Gasteiger partial charge in [-0.1, -0.05) is 54.1 Å². The van der Waals surface area contributed by atoms with E-state index in [1.165, 1.54) is 11.1 Å². The molecule has 0 amide bonds. The highest BCUT2D eigenvalue weighted by Gasteiger charge is 2.18. The van der Waals surface area contributed by atoms with E-state index in [1.54, 1.807) is 0 Å². The van der Waals surface area contributed by atoms with Crippen molar-refractivity contribution in [2.75, 3.05) is 4.90 Å². The topological polar surface area (TPSA) is 3.24 Å². The van der Waals surface area contributed by atoms with Crippen LogP contribution in [0.5, 0.6) is 0 Å². The molecule has 0 radical (unpaired) electrons. The zero-order valence-electron chi connectivity index (χ0n) is 15.2. The quantitative estimate of drug-likeness (QED) is 0.424. The summed E-state index contributed by atoms with van der Waals surface area (Å²) in [5, 5.41) is 0. The minimum atomic E-state index is 0.174. The molecule has 0 saturated carbocycles. The van der Waals surface area contributed by atoms with Crippen LogP contribution >= 0.6 is 0 Å². The fraction of sp³-hybridized carbons (Fsp3) is 0.217. The van der Waals surface area contributed by atoms with Crippen molar-refractivity contribution in [3.05, 3.63) is 90.5 Å². The van der Waals surface area contributed by atoms with Crippen molar-refractivity contribution in [3.63, 3.8) is 0 Å². The van der Waals surface area contributed by atoms with Gasteiger partial charge in [0.25, 0.3) is 0 Å². The van der Waals surface area contributed by atoms with Crippen LogP contribution in [0.2, 0.25) is 0 Å². The molecule has 0 aliphatic carbocycles. The number of rotatable bonds is 6. The average molecular weight is 317 g/mol. The Morgan fingerprint density at radius 1 is 1.08 bits per heavy atom. The summed E-state index contributed by atoms with van der Waals surface area (Å²) in [6.45, 7) is 16.8. The summed E-state index contributed by atoms with van der Waals surface area (Å²) in [4.78, 5) is 2.31. The molecule has 24 heavy (non-hydrogen) atoms. The molecule has 2 rings (SSSR count). The fourth-order valence-corrected chi connectivity index (χ4v) is 2.83. The summed E-state index contributed by atoms with van der Waals surface area (Å²) >= 11 is 0. The van der Waals surface area contributed by atoms with Crippen LogP contribution in [-0.2, 0) is 0 Å². The molecule has 0 aliphatic rings. The second-order valence-electron chi connectivity index (χ2n) is 6.45. The smallest absolute Gasteiger partial charge is 0.0495 e. The van der Waals surface area contributed by atoms with E-state index in [4.69, 9.17) is 0 Å². The number of benzene rings is 2. The Labute approximate surface area is 146 Å². The highest BCUT2D eigenvalue weighted by Crippen LogP contribution is 2.35. The van der Waals surface area contributed by atoms with Crippen LogP contribution in [-0.4, -0.2) is 6.04 Å². The lowest BCUT2D eigenvalue weighted by molar-refractivity contribution is 0.865. The number of allylic oxidation sites excluding steroid dienone is 3. The van der Waals surface area contributed by atoms with Gasteiger partial charge in [-0.25, -0.2) is 0 Å². The number of anilines is 2. The van der Waals surface area contributed by atoms with Crippen LogP contribution in [0.3, 0.4) is 0 Å². The molecule has 1 heteroatoms. The molecular weight excluding hydrogens is 290 g/mol. The van der Waals surface area contributed by atoms with E-state index < -0.39 is 0 Å². The van der Waals surface area contributed by atoms with Crippen LogP contribution in [0.25, 0.3) is 5.57 Å². The van der Waals surface area contributed by atoms with Gasteiger partial charge in [0.15, 0.2) is 0 Å². The maximum Gasteiger partial charge on any atom is 0.0495 e. The van der Waals surface area contributed by atoms with Crippen molar-refractivity contribution >= 4 is 16.9 Å². The molecule has 0 N–H and O–H groups in total. The summed E-state index contributed by atoms with van der Waals surface area (Å²) in [7, 11) is 0. The Morgan fingerprint density at radius 2 is 1.75 bits per heavy atom. The molecule has 0 fully saturated rings. The third-order valence-corrected chi connectivity index (χ3v) is 4.00. The normalized spacial score (nSPS) is 11.5. The third kappa shape index (κ3) is 4.05. The highest BCUT2D eigenvalue weighted by molar-refractivity contribution is 5.84. The van der Waals surface area contributed by atoms with E-state index in [0.29, 0.717) is 0 Å². The van der Waals surface area contributed by atoms with Crippen LogP contribution in [0.15, 0.2) is 79.4 Å². The lowest BCUT2D eigenvalue weighted by atomic mass is 9.99. The van der Waals surface area contributed by atoms with Gasteiger partial charge >= 0.3 is 0 Å². The Bertz CT molecular complexity index is 749. The van der Waals surface area contributed by atoms with Gasteiger partial charge < -0.3 is 4.90 Å². The molecular formula is C23H27N. The van der Waals surface area contributed by atoms with Crippen molar-refractivity contribution in [2.45, 2.75) is 33.7 Å². The summed E-state index contributed by atoms with van der Waals surface area (Å²) in [6, 6.07) is 17.2. The minimum absolute atomic E-state index is 0.174. The van der Waals surface area contributed by atoms with E-state index in [2.05, 4.69) is 94.3 Å². The maximum absolute atomic E-state index is 4.30. The molecule has 124 valence electrons. The third-order valence-electron chi connectivity index (χ3n) is 4.00. The minimum Gasteiger partial charge on any atom is -0.334 e. The zero-order chi connectivity index (χ0) is 17.7. The van der Waals surface area contributed by atoms with Gasteiger partial charge in [-0.3, -0.25) is 0 Å². The molecule has 1 unspecified atom stereocenters. The largest absolute Gasteiger partial charge is 0.334 e. The Kier molecular flexibility index (Phi) is 5.81. The molecule has 1 nitrogen and oxygen atoms in total. The Balaban J connectivity index is 2.64. The van der Waals surface area contributed by atoms with E-state index in [9.17, 15) is 0 Å². The molecule has 2 aromatic rings. The second kappa shape index (κ2) is 7.83. The van der Waals surface area contributed by atoms with Gasteiger partial charge in [0, 0.05) is 23.0 Å². The maximum atomic E-state index is 4.30. The molecule has 0 spiro atoms. The van der Waals surface area contributed by atoms with Crippen molar-refractivity contribution in [1.82, 2.24) is 0 Å². The first-order valence-electron chi connectivity index (χ1n) is 8.35. The molecule has 2 aromatic carbocycles. The van der Waals surface area contributed by atoms with E-state index in [1.807, 2.05) is 12.1 Å². The van der Waals surface area contributed by atoms with Crippen molar-refractivity contribution in [2.24, 2.45) is 0 Å². The predicted octanol–water partition coefficient (Wildman–Crippen LogP) is 6.69. The average Bonchev–Trinajstić information content (AvgIpc) is 2.56. The summed E-state index contributed by atoms with van der Waals surface area (Å²) in [5.74, 6) is 0. The van der Waals surface area contributed by atoms with E-state index in [0.717, 1.165) is 22.5 Å². The summed E-state index contributed by atoms with van der Waals surface area (Å²) in [6.07, 6.45) is 4.11. The second-order valence-corrected chi connectivity index (χ2v) is 6.45. The summed E-state index contributed by atoms with van der Waals surface area (Å²) in [5.41, 5.74) is 6.98. The molecule has 0 heterocycles. The standard InChI is InChI=1S/C23H27N/c1-7-20(6)24(21-11-9-8-10-12-21)23-14-13-18(4)16-22(23)19(5)15-17(2)3/h7-16,20H,1,5H2,2-4,6H3. The molecule has 0 bridgehead atoms. The molecule has 0 aliphatic heterocycles. The van der Waals surface area contributed by atoms with Crippen molar-refractivity contribution in [1.29, 1.82) is 0 Å². The van der Waals surface area contributed by atoms with Gasteiger partial charge in [0.1, 0.15) is 0 Å². The van der Waals surface area contributed by atoms with Crippen molar-refractivity contribution in [3.8, 4) is 0 Å². The molecule has 0 aromatic heterocycles. The lowest BCUT2D eigenvalue weighted by Crippen LogP contribution is -2.27. The number of para-hydroxylation sites is 1. The monoisotopic (exact) mass is 317 g/mol. The van der Waals surface area contributed by atoms with Crippen LogP contribution in [0.1, 0.15) is 31.9 Å². The van der Waals surface area contributed by atoms with Gasteiger partial charge in [0.05, 0.1) is 0 Å². The number of nitrogens with zero attached hydrogens (tertiary/aromatic N) is 1. The number of aryl methyl sites for hydroxylation is 1. The Hall–Kier alpha value is -2.54. The molecule has 0 saturated heterocycles. The molecule has 1 atom stereocenters. The fourth-order valence-electron chi connectivity index (χ4n) is 2.83. The number of hydrogen-bond donors (Lipinski definition) is 0. The summed E-state index contributed by atoms with van der Waals surface area (Å²) < 4.78 is 0. The van der Waals surface area contributed by atoms with Gasteiger partial charge in [0.2, 0.25) is 0 Å². The van der Waals surface area contributed by atoms with Crippen LogP contribution in [0.4, 0.5) is 11.4 Å². The number of hydrogen-bond acceptors (Lipinski definition) is 1. The van der Waals surface area contributed by atoms with E-state index in [-0.39, 0.29) is 6.04 Å². The van der Waals surface area contributed by atoms with Crippen molar-refractivity contribution < 1.29 is 0 Å². The van der Waals surface area contributed by atoms with Crippen LogP contribution < -0.4 is 4.90 Å². The first-order valence-corrected chi connectivity index (χ1v) is 8.35. The Morgan fingerprint density at radius 3 is 2.33 bits per heavy atom. The first-order chi connectivity index (χ1) is 11.4. The van der Waals surface area contributed by atoms with Gasteiger partial charge in [-0.05, 0) is 57.5 Å². The van der Waals surface area contributed by atoms with Gasteiger partial charge in [-0.15, -0.1) is 6.58 Å². The first kappa shape index (κ1) is 17.8.